The van der Waals surface area contributed by atoms with Gasteiger partial charge in [0.05, 0.1) is 0 Å². The van der Waals surface area contributed by atoms with E-state index in [0.29, 0.717) is 0 Å². The minimum atomic E-state index is 0.0567. The van der Waals surface area contributed by atoms with Gasteiger partial charge in [-0.2, -0.15) is 0 Å². The lowest BCUT2D eigenvalue weighted by atomic mass is 10.0. The average molecular weight is 276 g/mol. The summed E-state index contributed by atoms with van der Waals surface area (Å²) in [5.41, 5.74) is 1.95. The summed E-state index contributed by atoms with van der Waals surface area (Å²) in [5.74, 6) is 0. The molecule has 1 fully saturated rings. The Balaban J connectivity index is 2.21. The highest BCUT2D eigenvalue weighted by molar-refractivity contribution is 7.67. The Labute approximate surface area is 120 Å². The van der Waals surface area contributed by atoms with Crippen LogP contribution in [0.1, 0.15) is 65.2 Å². The zero-order valence-corrected chi connectivity index (χ0v) is 13.5. The van der Waals surface area contributed by atoms with E-state index in [1.807, 2.05) is 0 Å². The van der Waals surface area contributed by atoms with Gasteiger partial charge in [0, 0.05) is 0 Å². The lowest BCUT2D eigenvalue weighted by Crippen LogP contribution is -2.24. The van der Waals surface area contributed by atoms with Gasteiger partial charge in [0.2, 0.25) is 0 Å². The normalized spacial score (nSPS) is 20.1. The molecule has 0 heterocycles. The SMILES string of the molecule is CCCC(CC)P(c1ccccc1)C1CCCCC1. The minimum absolute atomic E-state index is 0.0567. The Hall–Kier alpha value is -0.350. The molecule has 0 radical (unpaired) electrons. The van der Waals surface area contributed by atoms with Crippen LogP contribution in [-0.2, 0) is 0 Å². The fourth-order valence-electron chi connectivity index (χ4n) is 3.55. The van der Waals surface area contributed by atoms with Crippen LogP contribution in [0.2, 0.25) is 0 Å². The molecule has 1 heteroatoms. The van der Waals surface area contributed by atoms with Gasteiger partial charge in [0.15, 0.2) is 0 Å². The molecule has 106 valence electrons. The average Bonchev–Trinajstić information content (AvgIpc) is 2.49. The monoisotopic (exact) mass is 276 g/mol. The summed E-state index contributed by atoms with van der Waals surface area (Å²) < 4.78 is 0. The quantitative estimate of drug-likeness (QED) is 0.584. The maximum atomic E-state index is 2.40. The lowest BCUT2D eigenvalue weighted by Gasteiger charge is -2.36. The topological polar surface area (TPSA) is 0 Å². The summed E-state index contributed by atoms with van der Waals surface area (Å²) in [6.45, 7) is 4.75. The highest BCUT2D eigenvalue weighted by Crippen LogP contribution is 2.53. The second kappa shape index (κ2) is 8.05. The summed E-state index contributed by atoms with van der Waals surface area (Å²) in [7, 11) is 0.0567. The first-order valence-electron chi connectivity index (χ1n) is 8.20. The highest BCUT2D eigenvalue weighted by Gasteiger charge is 2.29. The van der Waals surface area contributed by atoms with Crippen molar-refractivity contribution in [3.8, 4) is 0 Å². The van der Waals surface area contributed by atoms with E-state index in [2.05, 4.69) is 44.2 Å². The predicted octanol–water partition coefficient (Wildman–Crippen LogP) is 5.71. The molecule has 0 N–H and O–H groups in total. The van der Waals surface area contributed by atoms with Crippen molar-refractivity contribution in [2.75, 3.05) is 0 Å². The summed E-state index contributed by atoms with van der Waals surface area (Å²) in [6.07, 6.45) is 11.5. The number of hydrogen-bond donors (Lipinski definition) is 0. The van der Waals surface area contributed by atoms with Gasteiger partial charge >= 0.3 is 0 Å². The first-order chi connectivity index (χ1) is 9.36. The van der Waals surface area contributed by atoms with Gasteiger partial charge in [0.25, 0.3) is 0 Å². The molecule has 19 heavy (non-hydrogen) atoms. The fraction of sp³-hybridized carbons (Fsp3) is 0.667. The molecule has 2 atom stereocenters. The Morgan fingerprint density at radius 2 is 1.74 bits per heavy atom. The van der Waals surface area contributed by atoms with Crippen molar-refractivity contribution in [2.24, 2.45) is 0 Å². The molecule has 2 rings (SSSR count). The summed E-state index contributed by atoms with van der Waals surface area (Å²) in [5, 5.41) is 1.67. The third kappa shape index (κ3) is 4.06. The molecular weight excluding hydrogens is 247 g/mol. The summed E-state index contributed by atoms with van der Waals surface area (Å²) in [6, 6.07) is 11.5. The van der Waals surface area contributed by atoms with Crippen molar-refractivity contribution < 1.29 is 0 Å². The molecule has 1 aliphatic rings. The van der Waals surface area contributed by atoms with E-state index in [-0.39, 0.29) is 7.92 Å². The van der Waals surface area contributed by atoms with Gasteiger partial charge in [-0.25, -0.2) is 0 Å². The fourth-order valence-corrected chi connectivity index (χ4v) is 7.36. The molecule has 1 saturated carbocycles. The van der Waals surface area contributed by atoms with Crippen molar-refractivity contribution in [3.63, 3.8) is 0 Å². The Morgan fingerprint density at radius 1 is 1.05 bits per heavy atom. The van der Waals surface area contributed by atoms with Crippen LogP contribution in [-0.4, -0.2) is 11.3 Å². The van der Waals surface area contributed by atoms with Crippen LogP contribution in [0.5, 0.6) is 0 Å². The standard InChI is InChI=1S/C18H29P/c1-3-11-16(4-2)19(17-12-7-5-8-13-17)18-14-9-6-10-15-18/h5,7-8,12-13,16,18H,3-4,6,9-11,14-15H2,1-2H3. The number of rotatable bonds is 6. The van der Waals surface area contributed by atoms with Gasteiger partial charge in [0.1, 0.15) is 0 Å². The summed E-state index contributed by atoms with van der Waals surface area (Å²) >= 11 is 0. The maximum absolute atomic E-state index is 2.40. The zero-order valence-electron chi connectivity index (χ0n) is 12.6. The van der Waals surface area contributed by atoms with Crippen molar-refractivity contribution in [3.05, 3.63) is 30.3 Å². The summed E-state index contributed by atoms with van der Waals surface area (Å²) in [4.78, 5) is 0. The second-order valence-corrected chi connectivity index (χ2v) is 8.68. The molecule has 0 aliphatic heterocycles. The molecule has 2 unspecified atom stereocenters. The van der Waals surface area contributed by atoms with Crippen molar-refractivity contribution in [2.45, 2.75) is 76.5 Å². The van der Waals surface area contributed by atoms with E-state index in [9.17, 15) is 0 Å². The third-order valence-corrected chi connectivity index (χ3v) is 8.12. The van der Waals surface area contributed by atoms with E-state index < -0.39 is 0 Å². The first kappa shape index (κ1) is 15.0. The van der Waals surface area contributed by atoms with Crippen LogP contribution in [0.3, 0.4) is 0 Å². The predicted molar refractivity (Wildman–Crippen MR) is 88.9 cm³/mol. The van der Waals surface area contributed by atoms with Gasteiger partial charge in [-0.15, -0.1) is 0 Å². The molecule has 0 spiro atoms. The zero-order chi connectivity index (χ0) is 13.5. The molecule has 0 aromatic heterocycles. The Morgan fingerprint density at radius 3 is 2.32 bits per heavy atom. The van der Waals surface area contributed by atoms with E-state index in [4.69, 9.17) is 0 Å². The van der Waals surface area contributed by atoms with Crippen LogP contribution in [0.4, 0.5) is 0 Å². The van der Waals surface area contributed by atoms with Crippen LogP contribution in [0, 0.1) is 0 Å². The second-order valence-electron chi connectivity index (χ2n) is 5.89. The van der Waals surface area contributed by atoms with Gasteiger partial charge in [-0.05, 0) is 42.3 Å². The first-order valence-corrected chi connectivity index (χ1v) is 9.68. The van der Waals surface area contributed by atoms with E-state index >= 15 is 0 Å². The molecule has 1 aromatic rings. The highest BCUT2D eigenvalue weighted by atomic mass is 31.1. The molecule has 1 aliphatic carbocycles. The Kier molecular flexibility index (Phi) is 6.38. The Bertz CT molecular complexity index is 335. The molecular formula is C18H29P. The van der Waals surface area contributed by atoms with Gasteiger partial charge in [-0.1, -0.05) is 77.8 Å². The van der Waals surface area contributed by atoms with Crippen LogP contribution < -0.4 is 5.30 Å². The molecule has 0 amide bonds. The van der Waals surface area contributed by atoms with Crippen LogP contribution in [0.25, 0.3) is 0 Å². The van der Waals surface area contributed by atoms with Crippen LogP contribution >= 0.6 is 7.92 Å². The van der Waals surface area contributed by atoms with Gasteiger partial charge in [-0.3, -0.25) is 0 Å². The van der Waals surface area contributed by atoms with E-state index in [0.717, 1.165) is 11.3 Å². The van der Waals surface area contributed by atoms with Crippen molar-refractivity contribution >= 4 is 13.2 Å². The molecule has 0 bridgehead atoms. The number of hydrogen-bond acceptors (Lipinski definition) is 0. The lowest BCUT2D eigenvalue weighted by molar-refractivity contribution is 0.508. The van der Waals surface area contributed by atoms with E-state index in [1.54, 1.807) is 5.30 Å². The smallest absolute Gasteiger partial charge is 0.0166 e. The molecule has 0 nitrogen and oxygen atoms in total. The van der Waals surface area contributed by atoms with Crippen molar-refractivity contribution in [1.29, 1.82) is 0 Å². The maximum Gasteiger partial charge on any atom is -0.0166 e. The number of benzene rings is 1. The van der Waals surface area contributed by atoms with Gasteiger partial charge < -0.3 is 0 Å². The minimum Gasteiger partial charge on any atom is -0.0690 e. The molecule has 1 aromatic carbocycles. The van der Waals surface area contributed by atoms with Crippen molar-refractivity contribution in [1.82, 2.24) is 0 Å². The largest absolute Gasteiger partial charge is 0.0690 e. The molecule has 0 saturated heterocycles. The van der Waals surface area contributed by atoms with Crippen LogP contribution in [0.15, 0.2) is 30.3 Å². The third-order valence-electron chi connectivity index (χ3n) is 4.51. The van der Waals surface area contributed by atoms with E-state index in [1.165, 1.54) is 51.4 Å².